The summed E-state index contributed by atoms with van der Waals surface area (Å²) in [7, 11) is 2.24. The van der Waals surface area contributed by atoms with Gasteiger partial charge in [0.15, 0.2) is 0 Å². The zero-order valence-corrected chi connectivity index (χ0v) is 14.1. The Bertz CT molecular complexity index is 438. The van der Waals surface area contributed by atoms with Crippen molar-refractivity contribution in [1.29, 1.82) is 0 Å². The number of nitrogens with two attached hydrogens (primary N) is 1. The predicted molar refractivity (Wildman–Crippen MR) is 90.2 cm³/mol. The maximum Gasteiger partial charge on any atom is 0.0467 e. The molecule has 21 heavy (non-hydrogen) atoms. The number of nitrogens with zero attached hydrogens (tertiary/aromatic N) is 2. The number of likely N-dealkylation sites (tertiary alicyclic amines) is 1. The zero-order valence-electron chi connectivity index (χ0n) is 14.1. The van der Waals surface area contributed by atoms with Gasteiger partial charge in [0.2, 0.25) is 0 Å². The van der Waals surface area contributed by atoms with Crippen LogP contribution in [-0.4, -0.2) is 48.6 Å². The summed E-state index contributed by atoms with van der Waals surface area (Å²) in [5.74, 6) is 0. The van der Waals surface area contributed by atoms with Crippen molar-refractivity contribution in [2.24, 2.45) is 11.1 Å². The van der Waals surface area contributed by atoms with Crippen molar-refractivity contribution in [3.05, 3.63) is 35.9 Å². The average Bonchev–Trinajstić information content (AvgIpc) is 2.83. The Hall–Kier alpha value is -0.900. The SMILES string of the molecule is CN(CC(C)(C)C)C1(CN)CCN(Cc2ccccc2)C1. The van der Waals surface area contributed by atoms with E-state index in [-0.39, 0.29) is 5.54 Å². The van der Waals surface area contributed by atoms with Crippen LogP contribution < -0.4 is 5.73 Å². The van der Waals surface area contributed by atoms with E-state index in [2.05, 4.69) is 68.0 Å². The number of rotatable bonds is 5. The molecule has 1 saturated heterocycles. The minimum Gasteiger partial charge on any atom is -0.329 e. The maximum absolute atomic E-state index is 6.18. The summed E-state index contributed by atoms with van der Waals surface area (Å²) < 4.78 is 0. The second-order valence-electron chi connectivity index (χ2n) is 7.79. The number of likely N-dealkylation sites (N-methyl/N-ethyl adjacent to an activating group) is 1. The van der Waals surface area contributed by atoms with Crippen LogP contribution in [0, 0.1) is 5.41 Å². The topological polar surface area (TPSA) is 32.5 Å². The van der Waals surface area contributed by atoms with Gasteiger partial charge in [0.1, 0.15) is 0 Å². The summed E-state index contributed by atoms with van der Waals surface area (Å²) in [5, 5.41) is 0. The van der Waals surface area contributed by atoms with Crippen molar-refractivity contribution in [1.82, 2.24) is 9.80 Å². The zero-order chi connectivity index (χ0) is 15.5. The van der Waals surface area contributed by atoms with Crippen LogP contribution in [0.3, 0.4) is 0 Å². The summed E-state index contributed by atoms with van der Waals surface area (Å²) in [5.41, 5.74) is 8.02. The average molecular weight is 289 g/mol. The van der Waals surface area contributed by atoms with Gasteiger partial charge in [-0.2, -0.15) is 0 Å². The van der Waals surface area contributed by atoms with E-state index in [0.29, 0.717) is 5.41 Å². The predicted octanol–water partition coefficient (Wildman–Crippen LogP) is 2.57. The number of hydrogen-bond acceptors (Lipinski definition) is 3. The van der Waals surface area contributed by atoms with Gasteiger partial charge in [0, 0.05) is 38.3 Å². The molecular formula is C18H31N3. The lowest BCUT2D eigenvalue weighted by molar-refractivity contribution is 0.0899. The molecule has 0 aromatic heterocycles. The van der Waals surface area contributed by atoms with Crippen molar-refractivity contribution in [3.8, 4) is 0 Å². The highest BCUT2D eigenvalue weighted by atomic mass is 15.3. The largest absolute Gasteiger partial charge is 0.329 e. The van der Waals surface area contributed by atoms with Crippen molar-refractivity contribution in [2.45, 2.75) is 39.3 Å². The summed E-state index contributed by atoms with van der Waals surface area (Å²) in [4.78, 5) is 5.04. The van der Waals surface area contributed by atoms with Crippen molar-refractivity contribution < 1.29 is 0 Å². The van der Waals surface area contributed by atoms with Gasteiger partial charge in [-0.15, -0.1) is 0 Å². The number of benzene rings is 1. The maximum atomic E-state index is 6.18. The Balaban J connectivity index is 2.00. The van der Waals surface area contributed by atoms with Crippen LogP contribution in [0.25, 0.3) is 0 Å². The molecule has 1 aromatic carbocycles. The van der Waals surface area contributed by atoms with Gasteiger partial charge < -0.3 is 5.73 Å². The second-order valence-corrected chi connectivity index (χ2v) is 7.79. The van der Waals surface area contributed by atoms with Crippen LogP contribution in [0.2, 0.25) is 0 Å². The third-order valence-corrected chi connectivity index (χ3v) is 4.56. The summed E-state index contributed by atoms with van der Waals surface area (Å²) in [6.45, 7) is 12.0. The standard InChI is InChI=1S/C18H31N3/c1-17(2,3)14-20(4)18(13-19)10-11-21(15-18)12-16-8-6-5-7-9-16/h5-9H,10-15,19H2,1-4H3. The molecule has 0 amide bonds. The first-order valence-electron chi connectivity index (χ1n) is 8.02. The molecule has 0 spiro atoms. The fourth-order valence-corrected chi connectivity index (χ4v) is 3.43. The molecule has 0 bridgehead atoms. The lowest BCUT2D eigenvalue weighted by atomic mass is 9.90. The van der Waals surface area contributed by atoms with Gasteiger partial charge in [-0.1, -0.05) is 51.1 Å². The fourth-order valence-electron chi connectivity index (χ4n) is 3.43. The Morgan fingerprint density at radius 3 is 2.48 bits per heavy atom. The summed E-state index contributed by atoms with van der Waals surface area (Å²) >= 11 is 0. The number of hydrogen-bond donors (Lipinski definition) is 1. The quantitative estimate of drug-likeness (QED) is 0.904. The molecule has 1 heterocycles. The lowest BCUT2D eigenvalue weighted by Crippen LogP contribution is -2.55. The van der Waals surface area contributed by atoms with Crippen LogP contribution in [-0.2, 0) is 6.54 Å². The van der Waals surface area contributed by atoms with Crippen LogP contribution >= 0.6 is 0 Å². The Morgan fingerprint density at radius 2 is 1.90 bits per heavy atom. The molecule has 1 atom stereocenters. The van der Waals surface area contributed by atoms with Crippen LogP contribution in [0.5, 0.6) is 0 Å². The van der Waals surface area contributed by atoms with Crippen molar-refractivity contribution in [3.63, 3.8) is 0 Å². The van der Waals surface area contributed by atoms with E-state index in [4.69, 9.17) is 5.73 Å². The van der Waals surface area contributed by atoms with Crippen molar-refractivity contribution in [2.75, 3.05) is 33.2 Å². The van der Waals surface area contributed by atoms with Crippen LogP contribution in [0.4, 0.5) is 0 Å². The van der Waals surface area contributed by atoms with E-state index in [0.717, 1.165) is 32.7 Å². The lowest BCUT2D eigenvalue weighted by Gasteiger charge is -2.41. The Morgan fingerprint density at radius 1 is 1.24 bits per heavy atom. The van der Waals surface area contributed by atoms with E-state index < -0.39 is 0 Å². The minimum absolute atomic E-state index is 0.141. The van der Waals surface area contributed by atoms with Gasteiger partial charge >= 0.3 is 0 Å². The molecule has 0 radical (unpaired) electrons. The first kappa shape index (κ1) is 16.5. The monoisotopic (exact) mass is 289 g/mol. The first-order chi connectivity index (χ1) is 9.85. The Labute approximate surface area is 130 Å². The normalized spacial score (nSPS) is 23.9. The Kier molecular flexibility index (Phi) is 5.07. The van der Waals surface area contributed by atoms with Gasteiger partial charge in [-0.05, 0) is 24.4 Å². The van der Waals surface area contributed by atoms with Crippen molar-refractivity contribution >= 4 is 0 Å². The molecular weight excluding hydrogens is 258 g/mol. The van der Waals surface area contributed by atoms with E-state index in [1.165, 1.54) is 12.0 Å². The molecule has 1 unspecified atom stereocenters. The minimum atomic E-state index is 0.141. The highest BCUT2D eigenvalue weighted by Gasteiger charge is 2.41. The van der Waals surface area contributed by atoms with E-state index >= 15 is 0 Å². The molecule has 1 fully saturated rings. The van der Waals surface area contributed by atoms with E-state index in [1.807, 2.05) is 0 Å². The molecule has 0 aliphatic carbocycles. The van der Waals surface area contributed by atoms with Gasteiger partial charge in [-0.25, -0.2) is 0 Å². The smallest absolute Gasteiger partial charge is 0.0467 e. The molecule has 3 heteroatoms. The molecule has 1 aliphatic rings. The third kappa shape index (κ3) is 4.29. The third-order valence-electron chi connectivity index (χ3n) is 4.56. The second kappa shape index (κ2) is 6.47. The first-order valence-corrected chi connectivity index (χ1v) is 8.02. The molecule has 1 aromatic rings. The molecule has 0 saturated carbocycles. The van der Waals surface area contributed by atoms with Crippen LogP contribution in [0.1, 0.15) is 32.8 Å². The van der Waals surface area contributed by atoms with Crippen LogP contribution in [0.15, 0.2) is 30.3 Å². The highest BCUT2D eigenvalue weighted by molar-refractivity contribution is 5.15. The van der Waals surface area contributed by atoms with Gasteiger partial charge in [0.05, 0.1) is 0 Å². The van der Waals surface area contributed by atoms with Gasteiger partial charge in [-0.3, -0.25) is 9.80 Å². The molecule has 1 aliphatic heterocycles. The molecule has 2 N–H and O–H groups in total. The summed E-state index contributed by atoms with van der Waals surface area (Å²) in [6.07, 6.45) is 1.17. The van der Waals surface area contributed by atoms with E-state index in [9.17, 15) is 0 Å². The highest BCUT2D eigenvalue weighted by Crippen LogP contribution is 2.30. The fraction of sp³-hybridized carbons (Fsp3) is 0.667. The molecule has 118 valence electrons. The van der Waals surface area contributed by atoms with Gasteiger partial charge in [0.25, 0.3) is 0 Å². The summed E-state index contributed by atoms with van der Waals surface area (Å²) in [6, 6.07) is 10.7. The molecule has 2 rings (SSSR count). The van der Waals surface area contributed by atoms with E-state index in [1.54, 1.807) is 0 Å². The molecule has 3 nitrogen and oxygen atoms in total.